The SMILES string of the molecule is CCCCC/C=C/CC/C=C/CC/C=C/C(O)C(COC1OC(CO)C(O)C(O)C1O)NC(=O)CCCCCCCCCCCCCCCCCC/C=C\CCCCCCCCCCCCCC. The monoisotopic (exact) mass is 960 g/mol. The van der Waals surface area contributed by atoms with Crippen LogP contribution in [0.5, 0.6) is 0 Å². The van der Waals surface area contributed by atoms with E-state index in [4.69, 9.17) is 9.47 Å². The lowest BCUT2D eigenvalue weighted by Crippen LogP contribution is -2.60. The first-order valence-corrected chi connectivity index (χ1v) is 28.9. The second-order valence-electron chi connectivity index (χ2n) is 20.1. The van der Waals surface area contributed by atoms with E-state index in [-0.39, 0.29) is 12.5 Å². The van der Waals surface area contributed by atoms with Gasteiger partial charge >= 0.3 is 0 Å². The van der Waals surface area contributed by atoms with Crippen LogP contribution in [0.3, 0.4) is 0 Å². The lowest BCUT2D eigenvalue weighted by atomic mass is 9.99. The van der Waals surface area contributed by atoms with Gasteiger partial charge in [-0.2, -0.15) is 0 Å². The predicted molar refractivity (Wildman–Crippen MR) is 286 cm³/mol. The molecule has 1 heterocycles. The summed E-state index contributed by atoms with van der Waals surface area (Å²) in [5.41, 5.74) is 0. The van der Waals surface area contributed by atoms with Gasteiger partial charge in [0.05, 0.1) is 25.4 Å². The van der Waals surface area contributed by atoms with Crippen molar-refractivity contribution in [3.63, 3.8) is 0 Å². The molecule has 0 saturated carbocycles. The van der Waals surface area contributed by atoms with Crippen LogP contribution in [-0.2, 0) is 14.3 Å². The summed E-state index contributed by atoms with van der Waals surface area (Å²) in [4.78, 5) is 13.0. The van der Waals surface area contributed by atoms with Gasteiger partial charge in [0.2, 0.25) is 5.91 Å². The van der Waals surface area contributed by atoms with Crippen molar-refractivity contribution in [2.45, 2.75) is 307 Å². The highest BCUT2D eigenvalue weighted by molar-refractivity contribution is 5.76. The third-order valence-corrected chi connectivity index (χ3v) is 13.6. The number of ether oxygens (including phenoxy) is 2. The first kappa shape index (κ1) is 64.2. The highest BCUT2D eigenvalue weighted by Gasteiger charge is 2.44. The quantitative estimate of drug-likeness (QED) is 0.0261. The Labute approximate surface area is 418 Å². The van der Waals surface area contributed by atoms with Crippen LogP contribution in [-0.4, -0.2) is 87.5 Å². The minimum atomic E-state index is -1.57. The van der Waals surface area contributed by atoms with Crippen LogP contribution in [0.25, 0.3) is 0 Å². The molecule has 0 radical (unpaired) electrons. The van der Waals surface area contributed by atoms with Crippen molar-refractivity contribution in [3.8, 4) is 0 Å². The molecule has 1 aliphatic rings. The number of hydrogen-bond donors (Lipinski definition) is 6. The van der Waals surface area contributed by atoms with E-state index in [0.717, 1.165) is 51.4 Å². The molecule has 0 aliphatic carbocycles. The molecule has 1 fully saturated rings. The molecule has 68 heavy (non-hydrogen) atoms. The van der Waals surface area contributed by atoms with Gasteiger partial charge in [-0.15, -0.1) is 0 Å². The van der Waals surface area contributed by atoms with E-state index in [2.05, 4.69) is 55.6 Å². The second-order valence-corrected chi connectivity index (χ2v) is 20.1. The first-order chi connectivity index (χ1) is 33.3. The number of rotatable bonds is 49. The molecule has 0 bridgehead atoms. The number of aliphatic hydroxyl groups is 5. The van der Waals surface area contributed by atoms with E-state index in [1.807, 2.05) is 6.08 Å². The molecule has 1 rings (SSSR count). The highest BCUT2D eigenvalue weighted by Crippen LogP contribution is 2.23. The maximum atomic E-state index is 13.0. The number of aliphatic hydroxyl groups excluding tert-OH is 5. The van der Waals surface area contributed by atoms with Gasteiger partial charge in [-0.25, -0.2) is 0 Å². The minimum Gasteiger partial charge on any atom is -0.394 e. The van der Waals surface area contributed by atoms with Gasteiger partial charge in [0.15, 0.2) is 6.29 Å². The smallest absolute Gasteiger partial charge is 0.220 e. The Bertz CT molecular complexity index is 1210. The van der Waals surface area contributed by atoms with Crippen molar-refractivity contribution in [1.82, 2.24) is 5.32 Å². The Balaban J connectivity index is 2.13. The number of hydrogen-bond acceptors (Lipinski definition) is 8. The maximum absolute atomic E-state index is 13.0. The Morgan fingerprint density at radius 1 is 0.485 bits per heavy atom. The van der Waals surface area contributed by atoms with Crippen molar-refractivity contribution >= 4 is 5.91 Å². The summed E-state index contributed by atoms with van der Waals surface area (Å²) in [5, 5.41) is 54.3. The van der Waals surface area contributed by atoms with Gasteiger partial charge in [0.25, 0.3) is 0 Å². The molecule has 1 amide bonds. The zero-order chi connectivity index (χ0) is 49.4. The summed E-state index contributed by atoms with van der Waals surface area (Å²) in [5.74, 6) is -0.190. The van der Waals surface area contributed by atoms with Crippen molar-refractivity contribution < 1.29 is 39.8 Å². The number of nitrogens with one attached hydrogen (secondary N) is 1. The van der Waals surface area contributed by atoms with Gasteiger partial charge < -0.3 is 40.3 Å². The molecule has 398 valence electrons. The van der Waals surface area contributed by atoms with E-state index in [1.54, 1.807) is 6.08 Å². The standard InChI is InChI=1S/C59H109NO8/c1-3-5-7-9-11-13-15-17-18-19-20-21-22-23-24-25-26-27-28-29-30-31-32-33-34-35-37-39-41-43-45-47-49-55(63)60-52(51-67-59-58(66)57(65)56(64)54(50-61)68-59)53(62)48-46-44-42-40-38-36-16-14-12-10-8-6-4-2/h12,14,23-24,38,40,46,48,52-54,56-59,61-62,64-66H,3-11,13,15-22,25-37,39,41-45,47,49-51H2,1-2H3,(H,60,63)/b14-12+,24-23-,40-38+,48-46+. The van der Waals surface area contributed by atoms with E-state index in [0.29, 0.717) is 6.42 Å². The molecule has 9 nitrogen and oxygen atoms in total. The molecule has 0 aromatic rings. The molecule has 0 aromatic carbocycles. The summed E-state index contributed by atoms with van der Waals surface area (Å²) in [6.45, 7) is 3.73. The largest absolute Gasteiger partial charge is 0.394 e. The van der Waals surface area contributed by atoms with Crippen LogP contribution < -0.4 is 5.32 Å². The average molecular weight is 961 g/mol. The summed E-state index contributed by atoms with van der Waals surface area (Å²) in [7, 11) is 0. The third-order valence-electron chi connectivity index (χ3n) is 13.6. The zero-order valence-electron chi connectivity index (χ0n) is 44.1. The molecule has 7 atom stereocenters. The highest BCUT2D eigenvalue weighted by atomic mass is 16.7. The number of unbranched alkanes of at least 4 members (excludes halogenated alkanes) is 33. The van der Waals surface area contributed by atoms with Crippen LogP contribution in [0.2, 0.25) is 0 Å². The number of amides is 1. The van der Waals surface area contributed by atoms with Crippen LogP contribution in [0.1, 0.15) is 264 Å². The van der Waals surface area contributed by atoms with Crippen LogP contribution in [0.15, 0.2) is 48.6 Å². The Kier molecular flexibility index (Phi) is 46.0. The summed E-state index contributed by atoms with van der Waals surface area (Å²) < 4.78 is 11.2. The Morgan fingerprint density at radius 2 is 0.838 bits per heavy atom. The van der Waals surface area contributed by atoms with Crippen molar-refractivity contribution in [3.05, 3.63) is 48.6 Å². The van der Waals surface area contributed by atoms with Crippen LogP contribution >= 0.6 is 0 Å². The Morgan fingerprint density at radius 3 is 1.26 bits per heavy atom. The van der Waals surface area contributed by atoms with Crippen molar-refractivity contribution in [2.24, 2.45) is 0 Å². The van der Waals surface area contributed by atoms with Crippen LogP contribution in [0.4, 0.5) is 0 Å². The molecule has 1 saturated heterocycles. The fourth-order valence-electron chi connectivity index (χ4n) is 9.01. The van der Waals surface area contributed by atoms with Gasteiger partial charge in [-0.3, -0.25) is 4.79 Å². The van der Waals surface area contributed by atoms with Gasteiger partial charge in [0, 0.05) is 6.42 Å². The minimum absolute atomic E-state index is 0.190. The zero-order valence-corrected chi connectivity index (χ0v) is 44.1. The second kappa shape index (κ2) is 48.8. The van der Waals surface area contributed by atoms with Crippen molar-refractivity contribution in [2.75, 3.05) is 13.2 Å². The average Bonchev–Trinajstić information content (AvgIpc) is 3.34. The normalized spacial score (nSPS) is 19.9. The van der Waals surface area contributed by atoms with Crippen LogP contribution in [0, 0.1) is 0 Å². The molecular weight excluding hydrogens is 851 g/mol. The first-order valence-electron chi connectivity index (χ1n) is 28.9. The third kappa shape index (κ3) is 37.9. The molecule has 6 N–H and O–H groups in total. The van der Waals surface area contributed by atoms with Gasteiger partial charge in [-0.05, 0) is 70.6 Å². The summed E-state index contributed by atoms with van der Waals surface area (Å²) >= 11 is 0. The number of allylic oxidation sites excluding steroid dienone is 7. The molecule has 7 unspecified atom stereocenters. The molecule has 1 aliphatic heterocycles. The van der Waals surface area contributed by atoms with E-state index in [9.17, 15) is 30.3 Å². The number of carbonyl (C=O) groups excluding carboxylic acids is 1. The predicted octanol–water partition coefficient (Wildman–Crippen LogP) is 14.1. The fourth-order valence-corrected chi connectivity index (χ4v) is 9.01. The van der Waals surface area contributed by atoms with Gasteiger partial charge in [0.1, 0.15) is 24.4 Å². The topological polar surface area (TPSA) is 149 Å². The lowest BCUT2D eigenvalue weighted by Gasteiger charge is -2.40. The molecular formula is C59H109NO8. The summed E-state index contributed by atoms with van der Waals surface area (Å²) in [6.07, 6.45) is 57.7. The number of carbonyl (C=O) groups is 1. The fraction of sp³-hybridized carbons (Fsp3) is 0.847. The van der Waals surface area contributed by atoms with E-state index in [1.165, 1.54) is 193 Å². The lowest BCUT2D eigenvalue weighted by molar-refractivity contribution is -0.302. The van der Waals surface area contributed by atoms with Gasteiger partial charge in [-0.1, -0.05) is 236 Å². The van der Waals surface area contributed by atoms with E-state index >= 15 is 0 Å². The maximum Gasteiger partial charge on any atom is 0.220 e. The summed E-state index contributed by atoms with van der Waals surface area (Å²) in [6, 6.07) is -0.827. The molecule has 0 spiro atoms. The Hall–Kier alpha value is -1.85. The van der Waals surface area contributed by atoms with E-state index < -0.39 is 49.5 Å². The molecule has 9 heteroatoms. The van der Waals surface area contributed by atoms with Crippen molar-refractivity contribution in [1.29, 1.82) is 0 Å². The molecule has 0 aromatic heterocycles.